The van der Waals surface area contributed by atoms with Gasteiger partial charge in [0, 0.05) is 17.1 Å². The lowest BCUT2D eigenvalue weighted by molar-refractivity contribution is 0.184. The largest absolute Gasteiger partial charge is 0.321 e. The van der Waals surface area contributed by atoms with Crippen molar-refractivity contribution in [3.63, 3.8) is 0 Å². The van der Waals surface area contributed by atoms with Crippen LogP contribution >= 0.6 is 0 Å². The number of para-hydroxylation sites is 1. The third-order valence-electron chi connectivity index (χ3n) is 4.74. The normalized spacial score (nSPS) is 27.6. The number of rotatable bonds is 2. The van der Waals surface area contributed by atoms with Gasteiger partial charge >= 0.3 is 0 Å². The molecule has 2 atom stereocenters. The van der Waals surface area contributed by atoms with Crippen molar-refractivity contribution in [1.82, 2.24) is 4.98 Å². The van der Waals surface area contributed by atoms with Crippen LogP contribution in [0.15, 0.2) is 36.5 Å². The fourth-order valence-electron chi connectivity index (χ4n) is 3.54. The van der Waals surface area contributed by atoms with E-state index < -0.39 is 0 Å². The van der Waals surface area contributed by atoms with Gasteiger partial charge in [-0.3, -0.25) is 4.98 Å². The van der Waals surface area contributed by atoms with Crippen molar-refractivity contribution in [2.45, 2.75) is 44.6 Å². The van der Waals surface area contributed by atoms with Gasteiger partial charge in [0.15, 0.2) is 0 Å². The molecule has 0 radical (unpaired) electrons. The minimum Gasteiger partial charge on any atom is -0.321 e. The molecular weight excluding hydrogens is 232 g/mol. The van der Waals surface area contributed by atoms with E-state index in [0.717, 1.165) is 18.4 Å². The summed E-state index contributed by atoms with van der Waals surface area (Å²) in [6.45, 7) is 2.26. The highest BCUT2D eigenvalue weighted by Gasteiger charge is 2.37. The Bertz CT molecular complexity index is 578. The molecule has 0 spiro atoms. The molecule has 100 valence electrons. The number of nitrogens with two attached hydrogens (primary N) is 1. The zero-order valence-electron chi connectivity index (χ0n) is 11.6. The Hall–Kier alpha value is -1.41. The Morgan fingerprint density at radius 2 is 2.16 bits per heavy atom. The quantitative estimate of drug-likeness (QED) is 0.880. The zero-order valence-corrected chi connectivity index (χ0v) is 11.6. The summed E-state index contributed by atoms with van der Waals surface area (Å²) in [5, 5.41) is 1.20. The van der Waals surface area contributed by atoms with E-state index in [-0.39, 0.29) is 5.54 Å². The summed E-state index contributed by atoms with van der Waals surface area (Å²) in [7, 11) is 0. The minimum atomic E-state index is -0.177. The lowest BCUT2D eigenvalue weighted by Crippen LogP contribution is -2.46. The maximum Gasteiger partial charge on any atom is 0.0702 e. The topological polar surface area (TPSA) is 38.9 Å². The highest BCUT2D eigenvalue weighted by Crippen LogP contribution is 2.41. The maximum atomic E-state index is 6.79. The van der Waals surface area contributed by atoms with Gasteiger partial charge in [-0.1, -0.05) is 44.4 Å². The smallest absolute Gasteiger partial charge is 0.0702 e. The minimum absolute atomic E-state index is 0.177. The average molecular weight is 254 g/mol. The van der Waals surface area contributed by atoms with Crippen molar-refractivity contribution in [3.8, 4) is 0 Å². The van der Waals surface area contributed by atoms with Gasteiger partial charge in [-0.2, -0.15) is 0 Å². The van der Waals surface area contributed by atoms with Crippen molar-refractivity contribution in [1.29, 1.82) is 0 Å². The Morgan fingerprint density at radius 3 is 3.00 bits per heavy atom. The molecule has 1 aliphatic rings. The first-order chi connectivity index (χ1) is 9.24. The summed E-state index contributed by atoms with van der Waals surface area (Å²) in [6.07, 6.45) is 8.04. The molecule has 2 aromatic rings. The third kappa shape index (κ3) is 2.14. The van der Waals surface area contributed by atoms with E-state index >= 15 is 0 Å². The van der Waals surface area contributed by atoms with Crippen LogP contribution < -0.4 is 5.73 Å². The summed E-state index contributed by atoms with van der Waals surface area (Å²) in [4.78, 5) is 4.59. The molecule has 2 heteroatoms. The van der Waals surface area contributed by atoms with Gasteiger partial charge in [0.05, 0.1) is 5.52 Å². The van der Waals surface area contributed by atoms with Crippen molar-refractivity contribution < 1.29 is 0 Å². The highest BCUT2D eigenvalue weighted by molar-refractivity contribution is 5.79. The lowest BCUT2D eigenvalue weighted by Gasteiger charge is -2.41. The van der Waals surface area contributed by atoms with Gasteiger partial charge in [0.2, 0.25) is 0 Å². The predicted molar refractivity (Wildman–Crippen MR) is 79.9 cm³/mol. The molecule has 2 nitrogen and oxygen atoms in total. The standard InChI is InChI=1S/C17H22N2/c1-2-14-8-5-6-10-17(14,18)15-11-13-7-3-4-9-16(13)19-12-15/h3-4,7,9,11-12,14H,2,5-6,8,10,18H2,1H3. The van der Waals surface area contributed by atoms with Crippen LogP contribution in [-0.4, -0.2) is 4.98 Å². The van der Waals surface area contributed by atoms with Crippen molar-refractivity contribution in [3.05, 3.63) is 42.1 Å². The van der Waals surface area contributed by atoms with Crippen LogP contribution in [0.25, 0.3) is 10.9 Å². The molecule has 0 saturated heterocycles. The first-order valence-corrected chi connectivity index (χ1v) is 7.38. The molecule has 0 aliphatic heterocycles. The number of pyridine rings is 1. The van der Waals surface area contributed by atoms with E-state index in [2.05, 4.69) is 36.2 Å². The first-order valence-electron chi connectivity index (χ1n) is 7.38. The second-order valence-corrected chi connectivity index (χ2v) is 5.81. The van der Waals surface area contributed by atoms with Crippen molar-refractivity contribution in [2.24, 2.45) is 11.7 Å². The Labute approximate surface area is 115 Å². The van der Waals surface area contributed by atoms with Crippen LogP contribution in [0, 0.1) is 5.92 Å². The van der Waals surface area contributed by atoms with E-state index in [4.69, 9.17) is 5.73 Å². The van der Waals surface area contributed by atoms with E-state index in [1.165, 1.54) is 30.2 Å². The SMILES string of the molecule is CCC1CCCCC1(N)c1cnc2ccccc2c1. The van der Waals surface area contributed by atoms with Crippen LogP contribution in [0.1, 0.15) is 44.6 Å². The Balaban J connectivity index is 2.06. The molecular formula is C17H22N2. The molecule has 2 N–H and O–H groups in total. The van der Waals surface area contributed by atoms with Gasteiger partial charge in [-0.05, 0) is 36.5 Å². The zero-order chi connectivity index (χ0) is 13.3. The highest BCUT2D eigenvalue weighted by atomic mass is 14.8. The molecule has 2 unspecified atom stereocenters. The number of aromatic nitrogens is 1. The molecule has 0 bridgehead atoms. The Kier molecular flexibility index (Phi) is 3.28. The predicted octanol–water partition coefficient (Wildman–Crippen LogP) is 3.99. The van der Waals surface area contributed by atoms with Gasteiger partial charge < -0.3 is 5.73 Å². The van der Waals surface area contributed by atoms with Gasteiger partial charge in [-0.15, -0.1) is 0 Å². The molecule has 3 rings (SSSR count). The van der Waals surface area contributed by atoms with Crippen LogP contribution in [-0.2, 0) is 5.54 Å². The fourth-order valence-corrected chi connectivity index (χ4v) is 3.54. The summed E-state index contributed by atoms with van der Waals surface area (Å²) in [5.74, 6) is 0.587. The molecule has 1 aromatic carbocycles. The number of hydrogen-bond acceptors (Lipinski definition) is 2. The van der Waals surface area contributed by atoms with Crippen LogP contribution in [0.4, 0.5) is 0 Å². The number of benzene rings is 1. The average Bonchev–Trinajstić information content (AvgIpc) is 2.47. The van der Waals surface area contributed by atoms with Crippen molar-refractivity contribution in [2.75, 3.05) is 0 Å². The van der Waals surface area contributed by atoms with Gasteiger partial charge in [0.25, 0.3) is 0 Å². The van der Waals surface area contributed by atoms with Crippen molar-refractivity contribution >= 4 is 10.9 Å². The molecule has 1 fully saturated rings. The second kappa shape index (κ2) is 4.93. The van der Waals surface area contributed by atoms with Gasteiger partial charge in [0.1, 0.15) is 0 Å². The summed E-state index contributed by atoms with van der Waals surface area (Å²) >= 11 is 0. The van der Waals surface area contributed by atoms with Crippen LogP contribution in [0.2, 0.25) is 0 Å². The van der Waals surface area contributed by atoms with E-state index in [1.807, 2.05) is 12.3 Å². The first kappa shape index (κ1) is 12.6. The van der Waals surface area contributed by atoms with E-state index in [1.54, 1.807) is 0 Å². The maximum absolute atomic E-state index is 6.79. The molecule has 1 heterocycles. The summed E-state index contributed by atoms with van der Waals surface area (Å²) in [5.41, 5.74) is 8.88. The molecule has 1 aromatic heterocycles. The summed E-state index contributed by atoms with van der Waals surface area (Å²) < 4.78 is 0. The van der Waals surface area contributed by atoms with Gasteiger partial charge in [-0.25, -0.2) is 0 Å². The van der Waals surface area contributed by atoms with E-state index in [0.29, 0.717) is 5.92 Å². The van der Waals surface area contributed by atoms with E-state index in [9.17, 15) is 0 Å². The van der Waals surface area contributed by atoms with Crippen LogP contribution in [0.3, 0.4) is 0 Å². The summed E-state index contributed by atoms with van der Waals surface area (Å²) in [6, 6.07) is 10.5. The number of nitrogens with zero attached hydrogens (tertiary/aromatic N) is 1. The monoisotopic (exact) mass is 254 g/mol. The molecule has 1 aliphatic carbocycles. The number of hydrogen-bond donors (Lipinski definition) is 1. The lowest BCUT2D eigenvalue weighted by atomic mass is 9.69. The molecule has 0 amide bonds. The third-order valence-corrected chi connectivity index (χ3v) is 4.74. The second-order valence-electron chi connectivity index (χ2n) is 5.81. The fraction of sp³-hybridized carbons (Fsp3) is 0.471. The van der Waals surface area contributed by atoms with Crippen LogP contribution in [0.5, 0.6) is 0 Å². The molecule has 19 heavy (non-hydrogen) atoms. The molecule has 1 saturated carbocycles. The Morgan fingerprint density at radius 1 is 1.32 bits per heavy atom. The number of fused-ring (bicyclic) bond motifs is 1.